The molecule has 0 aliphatic carbocycles. The summed E-state index contributed by atoms with van der Waals surface area (Å²) in [7, 11) is 0. The first-order valence-corrected chi connectivity index (χ1v) is 9.44. The number of ketones is 1. The Morgan fingerprint density at radius 2 is 1.81 bits per heavy atom. The predicted molar refractivity (Wildman–Crippen MR) is 109 cm³/mol. The van der Waals surface area contributed by atoms with Crippen LogP contribution in [0.4, 0.5) is 25.0 Å². The summed E-state index contributed by atoms with van der Waals surface area (Å²) in [5.74, 6) is -4.18. The van der Waals surface area contributed by atoms with Gasteiger partial charge in [-0.3, -0.25) is 19.7 Å². The lowest BCUT2D eigenvalue weighted by Crippen LogP contribution is -2.48. The van der Waals surface area contributed by atoms with Gasteiger partial charge in [0.05, 0.1) is 28.5 Å². The second kappa shape index (κ2) is 9.09. The number of urea groups is 1. The molecule has 1 atom stereocenters. The van der Waals surface area contributed by atoms with Crippen LogP contribution >= 0.6 is 11.6 Å². The maximum atomic E-state index is 13.4. The summed E-state index contributed by atoms with van der Waals surface area (Å²) in [4.78, 5) is 49.7. The number of halogens is 3. The van der Waals surface area contributed by atoms with Gasteiger partial charge in [0.25, 0.3) is 5.91 Å². The normalized spacial score (nSPS) is 15.5. The van der Waals surface area contributed by atoms with Gasteiger partial charge in [0.15, 0.2) is 17.4 Å². The van der Waals surface area contributed by atoms with E-state index in [0.717, 1.165) is 0 Å². The Hall–Kier alpha value is -3.53. The quantitative estimate of drug-likeness (QED) is 0.620. The zero-order chi connectivity index (χ0) is 22.7. The van der Waals surface area contributed by atoms with E-state index in [1.165, 1.54) is 6.92 Å². The summed E-state index contributed by atoms with van der Waals surface area (Å²) >= 11 is 5.72. The lowest BCUT2D eigenvalue weighted by Gasteiger charge is -2.21. The van der Waals surface area contributed by atoms with Crippen molar-refractivity contribution in [2.24, 2.45) is 0 Å². The minimum Gasteiger partial charge on any atom is -0.360 e. The number of carbonyl (C=O) groups excluding carboxylic acids is 4. The fourth-order valence-corrected chi connectivity index (χ4v) is 3.34. The molecule has 1 aliphatic heterocycles. The first-order chi connectivity index (χ1) is 14.7. The average molecular weight is 451 g/mol. The lowest BCUT2D eigenvalue weighted by molar-refractivity contribution is -0.117. The number of amides is 4. The van der Waals surface area contributed by atoms with Crippen LogP contribution < -0.4 is 20.9 Å². The number of nitrogens with zero attached hydrogens (tertiary/aromatic N) is 1. The highest BCUT2D eigenvalue weighted by Gasteiger charge is 2.33. The second-order valence-corrected chi connectivity index (χ2v) is 7.18. The molecule has 11 heteroatoms. The smallest absolute Gasteiger partial charge is 0.322 e. The Bertz CT molecular complexity index is 1080. The molecule has 2 aromatic carbocycles. The van der Waals surface area contributed by atoms with Crippen molar-refractivity contribution in [1.29, 1.82) is 0 Å². The van der Waals surface area contributed by atoms with Gasteiger partial charge in [-0.05, 0) is 24.3 Å². The fourth-order valence-electron chi connectivity index (χ4n) is 3.10. The molecule has 4 amide bonds. The molecule has 1 fully saturated rings. The van der Waals surface area contributed by atoms with Crippen LogP contribution in [-0.2, 0) is 9.59 Å². The summed E-state index contributed by atoms with van der Waals surface area (Å²) in [6.07, 6.45) is 0. The molecule has 31 heavy (non-hydrogen) atoms. The molecule has 1 aliphatic rings. The van der Waals surface area contributed by atoms with Crippen LogP contribution in [0, 0.1) is 11.6 Å². The summed E-state index contributed by atoms with van der Waals surface area (Å²) in [5, 5.41) is 6.61. The Balaban J connectivity index is 1.66. The zero-order valence-corrected chi connectivity index (χ0v) is 16.9. The van der Waals surface area contributed by atoms with Gasteiger partial charge in [0.1, 0.15) is 6.04 Å². The van der Waals surface area contributed by atoms with E-state index >= 15 is 0 Å². The Morgan fingerprint density at radius 1 is 1.13 bits per heavy atom. The molecule has 2 aromatic rings. The highest BCUT2D eigenvalue weighted by molar-refractivity contribution is 6.34. The summed E-state index contributed by atoms with van der Waals surface area (Å²) < 4.78 is 26.5. The van der Waals surface area contributed by atoms with Crippen molar-refractivity contribution in [1.82, 2.24) is 10.6 Å². The zero-order valence-electron chi connectivity index (χ0n) is 16.2. The largest absolute Gasteiger partial charge is 0.360 e. The van der Waals surface area contributed by atoms with Crippen molar-refractivity contribution in [3.63, 3.8) is 0 Å². The number of Topliss-reactive ketones (excluding diaryl/α,β-unsaturated/α-hetero) is 1. The summed E-state index contributed by atoms with van der Waals surface area (Å²) in [6, 6.07) is 6.12. The third kappa shape index (κ3) is 5.15. The second-order valence-electron chi connectivity index (χ2n) is 6.77. The Kier molecular flexibility index (Phi) is 6.50. The summed E-state index contributed by atoms with van der Waals surface area (Å²) in [5.41, 5.74) is 0.677. The van der Waals surface area contributed by atoms with Crippen molar-refractivity contribution < 1.29 is 28.0 Å². The van der Waals surface area contributed by atoms with Gasteiger partial charge in [-0.1, -0.05) is 23.7 Å². The van der Waals surface area contributed by atoms with Crippen LogP contribution in [0.1, 0.15) is 17.3 Å². The fraction of sp³-hybridized carbons (Fsp3) is 0.200. The van der Waals surface area contributed by atoms with E-state index in [-0.39, 0.29) is 29.8 Å². The average Bonchev–Trinajstić information content (AvgIpc) is 3.04. The van der Waals surface area contributed by atoms with Gasteiger partial charge in [-0.15, -0.1) is 0 Å². The van der Waals surface area contributed by atoms with Crippen LogP contribution in [0.3, 0.4) is 0 Å². The van der Waals surface area contributed by atoms with Crippen LogP contribution in [0.5, 0.6) is 0 Å². The summed E-state index contributed by atoms with van der Waals surface area (Å²) in [6.45, 7) is 1.43. The maximum Gasteiger partial charge on any atom is 0.322 e. The Morgan fingerprint density at radius 3 is 2.52 bits per heavy atom. The standard InChI is InChI=1S/C20H17ClF2N4O4/c1-10(28)24-15-4-2-3-5-17(15)27-8-16(18(29)9-27)25-20(31)26-19(30)11-6-13(22)14(23)7-12(11)21/h2-7,16H,8-9H2,1H3,(H,24,28)(H2,25,26,30,31). The molecule has 162 valence electrons. The van der Waals surface area contributed by atoms with Crippen molar-refractivity contribution in [2.45, 2.75) is 13.0 Å². The minimum atomic E-state index is -1.30. The number of nitrogens with one attached hydrogen (secondary N) is 3. The van der Waals surface area contributed by atoms with Crippen molar-refractivity contribution in [2.75, 3.05) is 23.3 Å². The van der Waals surface area contributed by atoms with Crippen molar-refractivity contribution in [3.8, 4) is 0 Å². The first-order valence-electron chi connectivity index (χ1n) is 9.06. The van der Waals surface area contributed by atoms with Gasteiger partial charge in [-0.25, -0.2) is 13.6 Å². The van der Waals surface area contributed by atoms with Crippen LogP contribution in [0.15, 0.2) is 36.4 Å². The van der Waals surface area contributed by atoms with E-state index < -0.39 is 35.2 Å². The maximum absolute atomic E-state index is 13.4. The van der Waals surface area contributed by atoms with Gasteiger partial charge >= 0.3 is 6.03 Å². The molecule has 3 rings (SSSR count). The van der Waals surface area contributed by atoms with E-state index in [9.17, 15) is 28.0 Å². The molecule has 1 unspecified atom stereocenters. The number of hydrogen-bond acceptors (Lipinski definition) is 5. The third-order valence-electron chi connectivity index (χ3n) is 4.48. The van der Waals surface area contributed by atoms with E-state index in [1.54, 1.807) is 29.2 Å². The topological polar surface area (TPSA) is 108 Å². The molecule has 1 saturated heterocycles. The van der Waals surface area contributed by atoms with Crippen LogP contribution in [0.2, 0.25) is 5.02 Å². The van der Waals surface area contributed by atoms with Crippen LogP contribution in [0.25, 0.3) is 0 Å². The van der Waals surface area contributed by atoms with Crippen molar-refractivity contribution >= 4 is 46.6 Å². The molecule has 0 saturated carbocycles. The van der Waals surface area contributed by atoms with E-state index in [2.05, 4.69) is 10.6 Å². The molecular weight excluding hydrogens is 434 g/mol. The van der Waals surface area contributed by atoms with Crippen LogP contribution in [-0.4, -0.2) is 42.8 Å². The first kappa shape index (κ1) is 22.2. The molecular formula is C20H17ClF2N4O4. The molecule has 0 radical (unpaired) electrons. The molecule has 8 nitrogen and oxygen atoms in total. The SMILES string of the molecule is CC(=O)Nc1ccccc1N1CC(=O)C(NC(=O)NC(=O)c2cc(F)c(F)cc2Cl)C1. The number of para-hydroxylation sites is 2. The molecule has 0 spiro atoms. The predicted octanol–water partition coefficient (Wildman–Crippen LogP) is 2.47. The van der Waals surface area contributed by atoms with Crippen molar-refractivity contribution in [3.05, 3.63) is 58.6 Å². The molecule has 0 bridgehead atoms. The highest BCUT2D eigenvalue weighted by atomic mass is 35.5. The number of benzene rings is 2. The molecule has 0 aromatic heterocycles. The molecule has 1 heterocycles. The van der Waals surface area contributed by atoms with Gasteiger partial charge in [-0.2, -0.15) is 0 Å². The Labute approximate surface area is 180 Å². The monoisotopic (exact) mass is 450 g/mol. The lowest BCUT2D eigenvalue weighted by atomic mass is 10.2. The van der Waals surface area contributed by atoms with Gasteiger partial charge in [0, 0.05) is 13.5 Å². The molecule has 3 N–H and O–H groups in total. The number of anilines is 2. The number of carbonyl (C=O) groups is 4. The van der Waals surface area contributed by atoms with E-state index in [0.29, 0.717) is 23.5 Å². The number of rotatable bonds is 4. The van der Waals surface area contributed by atoms with Gasteiger partial charge in [0.2, 0.25) is 5.91 Å². The minimum absolute atomic E-state index is 0.0233. The highest BCUT2D eigenvalue weighted by Crippen LogP contribution is 2.28. The third-order valence-corrected chi connectivity index (χ3v) is 4.79. The van der Waals surface area contributed by atoms with E-state index in [4.69, 9.17) is 11.6 Å². The number of imide groups is 1. The number of hydrogen-bond donors (Lipinski definition) is 3. The van der Waals surface area contributed by atoms with Gasteiger partial charge < -0.3 is 15.5 Å². The van der Waals surface area contributed by atoms with E-state index in [1.807, 2.05) is 5.32 Å².